The number of rotatable bonds is 4. The summed E-state index contributed by atoms with van der Waals surface area (Å²) < 4.78 is 1.49. The van der Waals surface area contributed by atoms with Crippen LogP contribution in [0.3, 0.4) is 0 Å². The Balaban J connectivity index is 1.99. The van der Waals surface area contributed by atoms with E-state index in [-0.39, 0.29) is 5.91 Å². The van der Waals surface area contributed by atoms with Gasteiger partial charge < -0.3 is 5.32 Å². The van der Waals surface area contributed by atoms with Gasteiger partial charge in [0.25, 0.3) is 0 Å². The van der Waals surface area contributed by atoms with E-state index in [9.17, 15) is 4.79 Å². The van der Waals surface area contributed by atoms with Crippen LogP contribution in [0.25, 0.3) is 0 Å². The fourth-order valence-corrected chi connectivity index (χ4v) is 2.64. The summed E-state index contributed by atoms with van der Waals surface area (Å²) in [4.78, 5) is 13.0. The monoisotopic (exact) mass is 316 g/mol. The molecule has 3 aromatic rings. The zero-order valence-corrected chi connectivity index (χ0v) is 13.2. The van der Waals surface area contributed by atoms with E-state index in [0.29, 0.717) is 11.4 Å². The number of hydrogen-bond acceptors (Lipinski definition) is 3. The topological polar surface area (TPSA) is 70.7 Å². The minimum absolute atomic E-state index is 0.201. The number of amides is 1. The third-order valence-electron chi connectivity index (χ3n) is 3.83. The molecule has 24 heavy (non-hydrogen) atoms. The van der Waals surface area contributed by atoms with Gasteiger partial charge in [-0.05, 0) is 11.1 Å². The summed E-state index contributed by atoms with van der Waals surface area (Å²) in [5, 5.41) is 16.0. The Morgan fingerprint density at radius 3 is 2.12 bits per heavy atom. The highest BCUT2D eigenvalue weighted by atomic mass is 16.2. The minimum atomic E-state index is -0.464. The average Bonchev–Trinajstić information content (AvgIpc) is 2.97. The summed E-state index contributed by atoms with van der Waals surface area (Å²) >= 11 is 0. The summed E-state index contributed by atoms with van der Waals surface area (Å²) in [5.74, 6) is -0.263. The molecule has 5 nitrogen and oxygen atoms in total. The van der Waals surface area contributed by atoms with E-state index in [1.54, 1.807) is 7.05 Å². The Bertz CT molecular complexity index is 839. The Kier molecular flexibility index (Phi) is 4.39. The van der Waals surface area contributed by atoms with Crippen LogP contribution in [0.4, 0.5) is 5.82 Å². The van der Waals surface area contributed by atoms with Crippen molar-refractivity contribution in [3.05, 3.63) is 83.6 Å². The Morgan fingerprint density at radius 2 is 1.62 bits per heavy atom. The molecule has 3 rings (SSSR count). The molecule has 0 radical (unpaired) electrons. The first kappa shape index (κ1) is 15.5. The van der Waals surface area contributed by atoms with E-state index in [1.807, 2.05) is 66.7 Å². The number of nitrogens with one attached hydrogen (secondary N) is 1. The number of nitrogens with zero attached hydrogens (tertiary/aromatic N) is 3. The zero-order chi connectivity index (χ0) is 16.9. The molecular formula is C19H16N4O. The first-order valence-corrected chi connectivity index (χ1v) is 7.53. The van der Waals surface area contributed by atoms with Crippen molar-refractivity contribution in [3.63, 3.8) is 0 Å². The number of aryl methyl sites for hydroxylation is 1. The quantitative estimate of drug-likeness (QED) is 0.804. The second-order valence-electron chi connectivity index (χ2n) is 5.39. The number of carbonyl (C=O) groups is 1. The van der Waals surface area contributed by atoms with Crippen LogP contribution in [0.1, 0.15) is 22.6 Å². The Hall–Kier alpha value is -3.39. The van der Waals surface area contributed by atoms with Crippen molar-refractivity contribution in [2.24, 2.45) is 7.05 Å². The predicted octanol–water partition coefficient (Wildman–Crippen LogP) is 3.06. The second kappa shape index (κ2) is 6.80. The predicted molar refractivity (Wildman–Crippen MR) is 91.3 cm³/mol. The molecule has 5 heteroatoms. The van der Waals surface area contributed by atoms with E-state index in [0.717, 1.165) is 11.1 Å². The van der Waals surface area contributed by atoms with Crippen LogP contribution in [-0.4, -0.2) is 15.7 Å². The standard InChI is InChI=1S/C19H16N4O/c1-23-18(16(12-20)13-21-23)22-19(24)17(14-8-4-2-5-9-14)15-10-6-3-7-11-15/h2-11,13,17H,1H3,(H,22,24). The van der Waals surface area contributed by atoms with Crippen LogP contribution in [0.2, 0.25) is 0 Å². The van der Waals surface area contributed by atoms with E-state index < -0.39 is 5.92 Å². The molecule has 1 aromatic heterocycles. The highest BCUT2D eigenvalue weighted by molar-refractivity contribution is 5.98. The minimum Gasteiger partial charge on any atom is -0.309 e. The van der Waals surface area contributed by atoms with Crippen molar-refractivity contribution in [1.82, 2.24) is 9.78 Å². The molecule has 1 N–H and O–H groups in total. The molecule has 118 valence electrons. The molecule has 0 aliphatic heterocycles. The lowest BCUT2D eigenvalue weighted by Crippen LogP contribution is -2.24. The number of hydrogen-bond donors (Lipinski definition) is 1. The smallest absolute Gasteiger partial charge is 0.237 e. The molecule has 0 aliphatic carbocycles. The molecule has 0 aliphatic rings. The number of aromatic nitrogens is 2. The van der Waals surface area contributed by atoms with Gasteiger partial charge in [-0.2, -0.15) is 10.4 Å². The van der Waals surface area contributed by atoms with Gasteiger partial charge in [-0.1, -0.05) is 60.7 Å². The number of anilines is 1. The molecule has 0 bridgehead atoms. The lowest BCUT2D eigenvalue weighted by atomic mass is 9.90. The van der Waals surface area contributed by atoms with Crippen LogP contribution in [0, 0.1) is 11.3 Å². The van der Waals surface area contributed by atoms with Gasteiger partial charge in [-0.3, -0.25) is 9.48 Å². The van der Waals surface area contributed by atoms with Crippen LogP contribution < -0.4 is 5.32 Å². The van der Waals surface area contributed by atoms with Gasteiger partial charge in [0, 0.05) is 7.05 Å². The molecular weight excluding hydrogens is 300 g/mol. The van der Waals surface area contributed by atoms with E-state index in [4.69, 9.17) is 5.26 Å². The zero-order valence-electron chi connectivity index (χ0n) is 13.2. The fourth-order valence-electron chi connectivity index (χ4n) is 2.64. The molecule has 0 saturated carbocycles. The Labute approximate surface area is 140 Å². The molecule has 0 atom stereocenters. The largest absolute Gasteiger partial charge is 0.309 e. The van der Waals surface area contributed by atoms with Gasteiger partial charge in [0.2, 0.25) is 5.91 Å². The van der Waals surface area contributed by atoms with Crippen molar-refractivity contribution in [1.29, 1.82) is 5.26 Å². The summed E-state index contributed by atoms with van der Waals surface area (Å²) in [6.07, 6.45) is 1.44. The fraction of sp³-hybridized carbons (Fsp3) is 0.105. The maximum absolute atomic E-state index is 13.0. The molecule has 0 unspecified atom stereocenters. The molecule has 0 fully saturated rings. The first-order chi connectivity index (χ1) is 11.7. The summed E-state index contributed by atoms with van der Waals surface area (Å²) in [6.45, 7) is 0. The van der Waals surface area contributed by atoms with Gasteiger partial charge >= 0.3 is 0 Å². The van der Waals surface area contributed by atoms with Crippen LogP contribution >= 0.6 is 0 Å². The van der Waals surface area contributed by atoms with E-state index >= 15 is 0 Å². The third kappa shape index (κ3) is 3.03. The average molecular weight is 316 g/mol. The summed E-state index contributed by atoms with van der Waals surface area (Å²) in [6, 6.07) is 21.2. The van der Waals surface area contributed by atoms with Crippen molar-refractivity contribution in [2.75, 3.05) is 5.32 Å². The van der Waals surface area contributed by atoms with Crippen molar-refractivity contribution >= 4 is 11.7 Å². The highest BCUT2D eigenvalue weighted by Crippen LogP contribution is 2.26. The maximum Gasteiger partial charge on any atom is 0.237 e. The molecule has 2 aromatic carbocycles. The van der Waals surface area contributed by atoms with Gasteiger partial charge in [0.1, 0.15) is 17.5 Å². The SMILES string of the molecule is Cn1ncc(C#N)c1NC(=O)C(c1ccccc1)c1ccccc1. The maximum atomic E-state index is 13.0. The first-order valence-electron chi connectivity index (χ1n) is 7.53. The summed E-state index contributed by atoms with van der Waals surface area (Å²) in [7, 11) is 1.69. The van der Waals surface area contributed by atoms with Crippen LogP contribution in [-0.2, 0) is 11.8 Å². The van der Waals surface area contributed by atoms with Gasteiger partial charge in [-0.15, -0.1) is 0 Å². The van der Waals surface area contributed by atoms with Gasteiger partial charge in [-0.25, -0.2) is 0 Å². The lowest BCUT2D eigenvalue weighted by molar-refractivity contribution is -0.116. The lowest BCUT2D eigenvalue weighted by Gasteiger charge is -2.18. The van der Waals surface area contributed by atoms with E-state index in [1.165, 1.54) is 10.9 Å². The van der Waals surface area contributed by atoms with Crippen molar-refractivity contribution in [2.45, 2.75) is 5.92 Å². The number of benzene rings is 2. The van der Waals surface area contributed by atoms with Crippen molar-refractivity contribution < 1.29 is 4.79 Å². The van der Waals surface area contributed by atoms with Gasteiger partial charge in [0.15, 0.2) is 0 Å². The number of nitriles is 1. The third-order valence-corrected chi connectivity index (χ3v) is 3.83. The Morgan fingerprint density at radius 1 is 1.08 bits per heavy atom. The van der Waals surface area contributed by atoms with Crippen LogP contribution in [0.15, 0.2) is 66.9 Å². The van der Waals surface area contributed by atoms with Crippen LogP contribution in [0.5, 0.6) is 0 Å². The normalized spacial score (nSPS) is 10.4. The number of carbonyl (C=O) groups excluding carboxylic acids is 1. The van der Waals surface area contributed by atoms with E-state index in [2.05, 4.69) is 10.4 Å². The molecule has 1 amide bonds. The van der Waals surface area contributed by atoms with Gasteiger partial charge in [0.05, 0.1) is 12.1 Å². The molecule has 0 saturated heterocycles. The molecule has 0 spiro atoms. The molecule has 1 heterocycles. The van der Waals surface area contributed by atoms with Crippen molar-refractivity contribution in [3.8, 4) is 6.07 Å². The second-order valence-corrected chi connectivity index (χ2v) is 5.39. The summed E-state index contributed by atoms with van der Waals surface area (Å²) in [5.41, 5.74) is 2.12. The highest BCUT2D eigenvalue weighted by Gasteiger charge is 2.24.